The first-order valence-corrected chi connectivity index (χ1v) is 9.29. The molecule has 3 rings (SSSR count). The van der Waals surface area contributed by atoms with Gasteiger partial charge in [-0.1, -0.05) is 30.3 Å². The SMILES string of the molecule is CCc1c(C)nc(SCc2nc(-c3ccc(Cl)cc3)oc2C)[nH]c1=O. The number of nitrogens with one attached hydrogen (secondary N) is 1. The molecule has 2 heterocycles. The molecule has 0 radical (unpaired) electrons. The van der Waals surface area contributed by atoms with Gasteiger partial charge in [0.25, 0.3) is 5.56 Å². The highest BCUT2D eigenvalue weighted by Gasteiger charge is 2.13. The molecule has 3 aromatic rings. The van der Waals surface area contributed by atoms with Crippen LogP contribution in [-0.4, -0.2) is 15.0 Å². The van der Waals surface area contributed by atoms with Crippen LogP contribution in [0.25, 0.3) is 11.5 Å². The maximum Gasteiger partial charge on any atom is 0.254 e. The van der Waals surface area contributed by atoms with E-state index in [4.69, 9.17) is 16.0 Å². The summed E-state index contributed by atoms with van der Waals surface area (Å²) in [6.07, 6.45) is 0.673. The molecule has 0 atom stereocenters. The maximum absolute atomic E-state index is 12.0. The maximum atomic E-state index is 12.0. The third-order valence-corrected chi connectivity index (χ3v) is 5.02. The Bertz CT molecular complexity index is 948. The lowest BCUT2D eigenvalue weighted by molar-refractivity contribution is 0.540. The minimum Gasteiger partial charge on any atom is -0.441 e. The molecular weight excluding hydrogens is 358 g/mol. The van der Waals surface area contributed by atoms with Crippen molar-refractivity contribution in [3.63, 3.8) is 0 Å². The first kappa shape index (κ1) is 17.8. The van der Waals surface area contributed by atoms with E-state index in [2.05, 4.69) is 15.0 Å². The normalized spacial score (nSPS) is 11.0. The molecule has 0 saturated carbocycles. The number of rotatable bonds is 5. The predicted octanol–water partition coefficient (Wildman–Crippen LogP) is 4.55. The van der Waals surface area contributed by atoms with Crippen LogP contribution in [0.2, 0.25) is 5.02 Å². The second kappa shape index (κ2) is 7.45. The molecule has 1 N–H and O–H groups in total. The third-order valence-electron chi connectivity index (χ3n) is 3.88. The zero-order valence-corrected chi connectivity index (χ0v) is 15.8. The lowest BCUT2D eigenvalue weighted by Crippen LogP contribution is -2.16. The average Bonchev–Trinajstić information content (AvgIpc) is 2.94. The van der Waals surface area contributed by atoms with Crippen LogP contribution < -0.4 is 5.56 Å². The van der Waals surface area contributed by atoms with Gasteiger partial charge in [-0.3, -0.25) is 4.79 Å². The monoisotopic (exact) mass is 375 g/mol. The molecular formula is C18H18ClN3O2S. The van der Waals surface area contributed by atoms with E-state index in [9.17, 15) is 4.79 Å². The largest absolute Gasteiger partial charge is 0.441 e. The van der Waals surface area contributed by atoms with Crippen LogP contribution in [0.3, 0.4) is 0 Å². The second-order valence-electron chi connectivity index (χ2n) is 5.61. The smallest absolute Gasteiger partial charge is 0.254 e. The lowest BCUT2D eigenvalue weighted by atomic mass is 10.2. The zero-order valence-electron chi connectivity index (χ0n) is 14.2. The van der Waals surface area contributed by atoms with E-state index in [0.717, 1.165) is 28.3 Å². The fourth-order valence-electron chi connectivity index (χ4n) is 2.48. The van der Waals surface area contributed by atoms with E-state index in [1.165, 1.54) is 11.8 Å². The Morgan fingerprint density at radius 2 is 1.92 bits per heavy atom. The second-order valence-corrected chi connectivity index (χ2v) is 7.01. The number of halogens is 1. The summed E-state index contributed by atoms with van der Waals surface area (Å²) in [5, 5.41) is 1.26. The van der Waals surface area contributed by atoms with Crippen molar-refractivity contribution >= 4 is 23.4 Å². The van der Waals surface area contributed by atoms with Gasteiger partial charge in [0.2, 0.25) is 5.89 Å². The third kappa shape index (κ3) is 3.96. The molecule has 0 aliphatic heterocycles. The van der Waals surface area contributed by atoms with Gasteiger partial charge in [-0.05, 0) is 44.5 Å². The molecule has 0 bridgehead atoms. The Morgan fingerprint density at radius 1 is 1.20 bits per heavy atom. The minimum absolute atomic E-state index is 0.0729. The Balaban J connectivity index is 1.78. The number of H-pyrrole nitrogens is 1. The Morgan fingerprint density at radius 3 is 2.56 bits per heavy atom. The molecule has 5 nitrogen and oxygen atoms in total. The van der Waals surface area contributed by atoms with Crippen molar-refractivity contribution in [3.05, 3.63) is 62.4 Å². The quantitative estimate of drug-likeness (QED) is 0.523. The van der Waals surface area contributed by atoms with Crippen molar-refractivity contribution in [2.24, 2.45) is 0 Å². The summed E-state index contributed by atoms with van der Waals surface area (Å²) in [6.45, 7) is 5.69. The van der Waals surface area contributed by atoms with E-state index in [-0.39, 0.29) is 5.56 Å². The van der Waals surface area contributed by atoms with E-state index >= 15 is 0 Å². The van der Waals surface area contributed by atoms with Crippen LogP contribution in [0.4, 0.5) is 0 Å². The van der Waals surface area contributed by atoms with Gasteiger partial charge in [-0.15, -0.1) is 0 Å². The molecule has 25 heavy (non-hydrogen) atoms. The van der Waals surface area contributed by atoms with Crippen molar-refractivity contribution in [2.45, 2.75) is 38.1 Å². The summed E-state index contributed by atoms with van der Waals surface area (Å²) in [5.41, 5.74) is 3.13. The highest BCUT2D eigenvalue weighted by Crippen LogP contribution is 2.26. The van der Waals surface area contributed by atoms with Crippen molar-refractivity contribution in [3.8, 4) is 11.5 Å². The van der Waals surface area contributed by atoms with Crippen molar-refractivity contribution in [1.82, 2.24) is 15.0 Å². The first-order chi connectivity index (χ1) is 12.0. The van der Waals surface area contributed by atoms with E-state index < -0.39 is 0 Å². The number of thioether (sulfide) groups is 1. The average molecular weight is 376 g/mol. The Kier molecular flexibility index (Phi) is 5.30. The number of hydrogen-bond donors (Lipinski definition) is 1. The van der Waals surface area contributed by atoms with Crippen molar-refractivity contribution < 1.29 is 4.42 Å². The first-order valence-electron chi connectivity index (χ1n) is 7.92. The van der Waals surface area contributed by atoms with Gasteiger partial charge in [-0.2, -0.15) is 0 Å². The Hall–Kier alpha value is -2.05. The molecule has 0 aliphatic carbocycles. The van der Waals surface area contributed by atoms with Crippen LogP contribution in [-0.2, 0) is 12.2 Å². The summed E-state index contributed by atoms with van der Waals surface area (Å²) in [4.78, 5) is 23.9. The number of oxazole rings is 1. The highest BCUT2D eigenvalue weighted by atomic mass is 35.5. The number of nitrogens with zero attached hydrogens (tertiary/aromatic N) is 2. The van der Waals surface area contributed by atoms with Crippen LogP contribution in [0.1, 0.15) is 29.6 Å². The van der Waals surface area contributed by atoms with Gasteiger partial charge in [0.15, 0.2) is 5.16 Å². The molecule has 2 aromatic heterocycles. The van der Waals surface area contributed by atoms with Gasteiger partial charge in [-0.25, -0.2) is 9.97 Å². The predicted molar refractivity (Wildman–Crippen MR) is 100 cm³/mol. The molecule has 0 amide bonds. The van der Waals surface area contributed by atoms with Crippen LogP contribution in [0.5, 0.6) is 0 Å². The van der Waals surface area contributed by atoms with Gasteiger partial charge in [0.05, 0.1) is 5.69 Å². The summed E-state index contributed by atoms with van der Waals surface area (Å²) in [7, 11) is 0. The van der Waals surface area contributed by atoms with Crippen LogP contribution in [0, 0.1) is 13.8 Å². The van der Waals surface area contributed by atoms with Crippen LogP contribution in [0.15, 0.2) is 38.6 Å². The van der Waals surface area contributed by atoms with Gasteiger partial charge >= 0.3 is 0 Å². The van der Waals surface area contributed by atoms with Gasteiger partial charge < -0.3 is 9.40 Å². The summed E-state index contributed by atoms with van der Waals surface area (Å²) in [6, 6.07) is 7.35. The fourth-order valence-corrected chi connectivity index (χ4v) is 3.52. The van der Waals surface area contributed by atoms with Crippen molar-refractivity contribution in [1.29, 1.82) is 0 Å². The molecule has 7 heteroatoms. The van der Waals surface area contributed by atoms with Gasteiger partial charge in [0.1, 0.15) is 5.76 Å². The molecule has 0 saturated heterocycles. The molecule has 1 aromatic carbocycles. The number of hydrogen-bond acceptors (Lipinski definition) is 5. The zero-order chi connectivity index (χ0) is 18.0. The molecule has 0 aliphatic rings. The van der Waals surface area contributed by atoms with Gasteiger partial charge in [0, 0.05) is 27.6 Å². The number of aromatic amines is 1. The molecule has 0 spiro atoms. The van der Waals surface area contributed by atoms with E-state index in [0.29, 0.717) is 28.2 Å². The van der Waals surface area contributed by atoms with Crippen LogP contribution >= 0.6 is 23.4 Å². The number of aromatic nitrogens is 3. The minimum atomic E-state index is -0.0729. The fraction of sp³-hybridized carbons (Fsp3) is 0.278. The van der Waals surface area contributed by atoms with Crippen molar-refractivity contribution in [2.75, 3.05) is 0 Å². The topological polar surface area (TPSA) is 71.8 Å². The lowest BCUT2D eigenvalue weighted by Gasteiger charge is -2.04. The number of aryl methyl sites for hydroxylation is 2. The molecule has 130 valence electrons. The summed E-state index contributed by atoms with van der Waals surface area (Å²) >= 11 is 7.35. The Labute approximate surface area is 154 Å². The summed E-state index contributed by atoms with van der Waals surface area (Å²) in [5.74, 6) is 1.88. The number of benzene rings is 1. The van der Waals surface area contributed by atoms with E-state index in [1.807, 2.05) is 32.9 Å². The highest BCUT2D eigenvalue weighted by molar-refractivity contribution is 7.98. The molecule has 0 unspecified atom stereocenters. The summed E-state index contributed by atoms with van der Waals surface area (Å²) < 4.78 is 5.75. The molecule has 0 fully saturated rings. The standard InChI is InChI=1S/C18H18ClN3O2S/c1-4-14-10(2)20-18(22-16(14)23)25-9-15-11(3)24-17(21-15)12-5-7-13(19)8-6-12/h5-8H,4,9H2,1-3H3,(H,20,22,23). The van der Waals surface area contributed by atoms with E-state index in [1.54, 1.807) is 12.1 Å².